The van der Waals surface area contributed by atoms with Crippen molar-refractivity contribution in [1.29, 1.82) is 0 Å². The van der Waals surface area contributed by atoms with Crippen LogP contribution in [0.2, 0.25) is 5.02 Å². The third-order valence-electron chi connectivity index (χ3n) is 7.67. The van der Waals surface area contributed by atoms with Gasteiger partial charge in [-0.2, -0.15) is 0 Å². The van der Waals surface area contributed by atoms with E-state index in [-0.39, 0.29) is 18.7 Å². The minimum absolute atomic E-state index is 0.110. The zero-order chi connectivity index (χ0) is 29.0. The predicted octanol–water partition coefficient (Wildman–Crippen LogP) is 8.46. The van der Waals surface area contributed by atoms with E-state index in [0.717, 1.165) is 48.8 Å². The first-order valence-electron chi connectivity index (χ1n) is 14.1. The van der Waals surface area contributed by atoms with Crippen LogP contribution in [-0.2, 0) is 16.1 Å². The zero-order valence-electron chi connectivity index (χ0n) is 23.8. The molecule has 2 atom stereocenters. The monoisotopic (exact) mass is 576 g/mol. The summed E-state index contributed by atoms with van der Waals surface area (Å²) in [6.07, 6.45) is 3.44. The molecule has 2 amide bonds. The summed E-state index contributed by atoms with van der Waals surface area (Å²) in [5.41, 5.74) is 2.06. The van der Waals surface area contributed by atoms with Gasteiger partial charge in [0, 0.05) is 16.6 Å². The molecule has 2 bridgehead atoms. The highest BCUT2D eigenvalue weighted by atomic mass is 35.5. The number of nitrogens with one attached hydrogen (secondary N) is 1. The molecule has 0 radical (unpaired) electrons. The van der Waals surface area contributed by atoms with Gasteiger partial charge in [-0.15, -0.1) is 0 Å². The molecule has 0 saturated carbocycles. The first-order valence-corrected chi connectivity index (χ1v) is 14.5. The topological polar surface area (TPSA) is 77.1 Å². The number of hydrogen-bond acceptors (Lipinski definition) is 5. The van der Waals surface area contributed by atoms with Crippen LogP contribution in [0, 0.1) is 0 Å². The fraction of sp³-hybridized carbons (Fsp3) is 0.394. The van der Waals surface area contributed by atoms with Crippen LogP contribution < -0.4 is 10.1 Å². The Morgan fingerprint density at radius 3 is 2.56 bits per heavy atom. The minimum atomic E-state index is -0.596. The molecule has 0 spiro atoms. The van der Waals surface area contributed by atoms with Gasteiger partial charge in [0.05, 0.1) is 11.2 Å². The number of piperidine rings is 1. The molecule has 2 unspecified atom stereocenters. The lowest BCUT2D eigenvalue weighted by Crippen LogP contribution is -2.57. The summed E-state index contributed by atoms with van der Waals surface area (Å²) < 4.78 is 17.6. The van der Waals surface area contributed by atoms with Gasteiger partial charge in [0.15, 0.2) is 0 Å². The molecule has 2 heterocycles. The first-order chi connectivity index (χ1) is 19.6. The predicted molar refractivity (Wildman–Crippen MR) is 160 cm³/mol. The Labute approximate surface area is 246 Å². The summed E-state index contributed by atoms with van der Waals surface area (Å²) in [6.45, 7) is 6.12. The number of amides is 2. The molecular weight excluding hydrogens is 540 g/mol. The number of ether oxygens (including phenoxy) is 3. The number of nitrogens with zero attached hydrogens (tertiary/aromatic N) is 1. The van der Waals surface area contributed by atoms with E-state index in [1.807, 2.05) is 86.3 Å². The van der Waals surface area contributed by atoms with E-state index in [2.05, 4.69) is 5.32 Å². The first kappa shape index (κ1) is 28.8. The molecule has 5 rings (SSSR count). The average Bonchev–Trinajstić information content (AvgIpc) is 3.16. The third-order valence-corrected chi connectivity index (χ3v) is 7.91. The van der Waals surface area contributed by atoms with Crippen molar-refractivity contribution in [2.24, 2.45) is 0 Å². The average molecular weight is 577 g/mol. The molecule has 41 heavy (non-hydrogen) atoms. The number of rotatable bonds is 7. The SMILES string of the molecule is CC(C)(C)OC(=O)N1C2CCCC1(COC(=O)Nc1ccc(OCc3ccccc3)cc1-c1cccc(Cl)c1)CC2. The number of fused-ring (bicyclic) bond motifs is 2. The number of benzene rings is 3. The van der Waals surface area contributed by atoms with Crippen molar-refractivity contribution < 1.29 is 23.8 Å². The molecule has 0 aliphatic carbocycles. The van der Waals surface area contributed by atoms with E-state index in [9.17, 15) is 9.59 Å². The van der Waals surface area contributed by atoms with E-state index in [1.165, 1.54) is 0 Å². The Kier molecular flexibility index (Phi) is 8.45. The molecule has 2 fully saturated rings. The summed E-state index contributed by atoms with van der Waals surface area (Å²) in [5.74, 6) is 0.661. The largest absolute Gasteiger partial charge is 0.489 e. The van der Waals surface area contributed by atoms with E-state index in [4.69, 9.17) is 25.8 Å². The zero-order valence-corrected chi connectivity index (χ0v) is 24.6. The highest BCUT2D eigenvalue weighted by molar-refractivity contribution is 6.30. The summed E-state index contributed by atoms with van der Waals surface area (Å²) in [7, 11) is 0. The molecule has 1 N–H and O–H groups in total. The summed E-state index contributed by atoms with van der Waals surface area (Å²) >= 11 is 6.30. The normalized spacial score (nSPS) is 19.9. The van der Waals surface area contributed by atoms with Crippen LogP contribution in [0.15, 0.2) is 72.8 Å². The minimum Gasteiger partial charge on any atom is -0.489 e. The van der Waals surface area contributed by atoms with Crippen LogP contribution in [0.3, 0.4) is 0 Å². The number of carbonyl (C=O) groups is 2. The lowest BCUT2D eigenvalue weighted by molar-refractivity contribution is -0.0313. The highest BCUT2D eigenvalue weighted by Crippen LogP contribution is 2.45. The Hall–Kier alpha value is -3.71. The lowest BCUT2D eigenvalue weighted by atomic mass is 9.89. The molecule has 216 valence electrons. The molecule has 7 nitrogen and oxygen atoms in total. The van der Waals surface area contributed by atoms with E-state index >= 15 is 0 Å². The fourth-order valence-corrected chi connectivity index (χ4v) is 6.02. The fourth-order valence-electron chi connectivity index (χ4n) is 5.83. The van der Waals surface area contributed by atoms with Crippen molar-refractivity contribution in [3.05, 3.63) is 83.4 Å². The van der Waals surface area contributed by atoms with Gasteiger partial charge >= 0.3 is 12.2 Å². The lowest BCUT2D eigenvalue weighted by Gasteiger charge is -2.44. The van der Waals surface area contributed by atoms with Crippen LogP contribution in [0.4, 0.5) is 15.3 Å². The second kappa shape index (κ2) is 12.0. The van der Waals surface area contributed by atoms with Gasteiger partial charge in [0.2, 0.25) is 0 Å². The van der Waals surface area contributed by atoms with Gasteiger partial charge in [-0.05, 0) is 94.3 Å². The van der Waals surface area contributed by atoms with Crippen molar-refractivity contribution in [3.8, 4) is 16.9 Å². The van der Waals surface area contributed by atoms with Crippen LogP contribution >= 0.6 is 11.6 Å². The summed E-state index contributed by atoms with van der Waals surface area (Å²) in [5, 5.41) is 3.50. The molecule has 3 aromatic carbocycles. The number of carbonyl (C=O) groups excluding carboxylic acids is 2. The van der Waals surface area contributed by atoms with Crippen LogP contribution in [0.1, 0.15) is 58.4 Å². The van der Waals surface area contributed by atoms with Crippen LogP contribution in [0.25, 0.3) is 11.1 Å². The number of anilines is 1. The Morgan fingerprint density at radius 2 is 1.80 bits per heavy atom. The van der Waals surface area contributed by atoms with Gasteiger partial charge in [-0.3, -0.25) is 10.2 Å². The molecule has 2 aliphatic rings. The quantitative estimate of drug-likeness (QED) is 0.305. The van der Waals surface area contributed by atoms with Crippen molar-refractivity contribution in [2.75, 3.05) is 11.9 Å². The summed E-state index contributed by atoms with van der Waals surface area (Å²) in [4.78, 5) is 28.1. The second-order valence-electron chi connectivity index (χ2n) is 11.9. The van der Waals surface area contributed by atoms with Crippen molar-refractivity contribution in [1.82, 2.24) is 4.90 Å². The molecular formula is C33H37ClN2O5. The summed E-state index contributed by atoms with van der Waals surface area (Å²) in [6, 6.07) is 23.0. The van der Waals surface area contributed by atoms with Gasteiger partial charge < -0.3 is 14.2 Å². The smallest absolute Gasteiger partial charge is 0.411 e. The number of halogens is 1. The van der Waals surface area contributed by atoms with Crippen molar-refractivity contribution >= 4 is 29.5 Å². The molecule has 2 saturated heterocycles. The van der Waals surface area contributed by atoms with Crippen molar-refractivity contribution in [3.63, 3.8) is 0 Å². The standard InChI is InChI=1S/C33H37ClN2O5/c1-32(2,3)41-31(38)36-26-13-8-17-33(36,18-16-26)22-40-30(37)35-29-15-14-27(39-21-23-9-5-4-6-10-23)20-28(29)24-11-7-12-25(34)19-24/h4-7,9-12,14-15,19-20,26H,8,13,16-18,21-22H2,1-3H3,(H,35,37). The highest BCUT2D eigenvalue weighted by Gasteiger charge is 2.53. The van der Waals surface area contributed by atoms with Crippen LogP contribution in [-0.4, -0.2) is 40.9 Å². The maximum absolute atomic E-state index is 13.2. The van der Waals surface area contributed by atoms with Crippen molar-refractivity contribution in [2.45, 2.75) is 76.7 Å². The molecule has 2 aliphatic heterocycles. The number of hydrogen-bond donors (Lipinski definition) is 1. The van der Waals surface area contributed by atoms with Gasteiger partial charge in [-0.1, -0.05) is 54.1 Å². The van der Waals surface area contributed by atoms with Gasteiger partial charge in [0.25, 0.3) is 0 Å². The third kappa shape index (κ3) is 6.96. The van der Waals surface area contributed by atoms with E-state index < -0.39 is 17.2 Å². The maximum atomic E-state index is 13.2. The van der Waals surface area contributed by atoms with E-state index in [1.54, 1.807) is 12.1 Å². The Balaban J connectivity index is 1.31. The van der Waals surface area contributed by atoms with E-state index in [0.29, 0.717) is 23.1 Å². The molecule has 8 heteroatoms. The molecule has 0 aromatic heterocycles. The van der Waals surface area contributed by atoms with Gasteiger partial charge in [0.1, 0.15) is 24.6 Å². The second-order valence-corrected chi connectivity index (χ2v) is 12.3. The maximum Gasteiger partial charge on any atom is 0.411 e. The molecule has 3 aromatic rings. The van der Waals surface area contributed by atoms with Crippen LogP contribution in [0.5, 0.6) is 5.75 Å². The Morgan fingerprint density at radius 1 is 1.00 bits per heavy atom. The van der Waals surface area contributed by atoms with Gasteiger partial charge in [-0.25, -0.2) is 9.59 Å². The Bertz CT molecular complexity index is 1390.